The maximum atomic E-state index is 12.9. The van der Waals surface area contributed by atoms with Gasteiger partial charge in [0.05, 0.1) is 11.8 Å². The first-order chi connectivity index (χ1) is 12.2. The molecule has 1 saturated heterocycles. The van der Waals surface area contributed by atoms with Crippen LogP contribution in [0.2, 0.25) is 0 Å². The Bertz CT molecular complexity index is 890. The van der Waals surface area contributed by atoms with Gasteiger partial charge in [-0.1, -0.05) is 24.3 Å². The maximum Gasteiger partial charge on any atom is 0.268 e. The van der Waals surface area contributed by atoms with Crippen molar-refractivity contribution in [2.75, 3.05) is 11.5 Å². The van der Waals surface area contributed by atoms with Crippen LogP contribution in [0.3, 0.4) is 0 Å². The summed E-state index contributed by atoms with van der Waals surface area (Å²) in [7, 11) is 0. The molecule has 0 saturated carbocycles. The van der Waals surface area contributed by atoms with Gasteiger partial charge < -0.3 is 14.3 Å². The van der Waals surface area contributed by atoms with Crippen molar-refractivity contribution in [3.63, 3.8) is 0 Å². The van der Waals surface area contributed by atoms with Crippen molar-refractivity contribution >= 4 is 28.8 Å². The third-order valence-electron chi connectivity index (χ3n) is 4.90. The second-order valence-corrected chi connectivity index (χ2v) is 7.80. The number of fused-ring (bicyclic) bond motifs is 1. The van der Waals surface area contributed by atoms with Crippen molar-refractivity contribution < 1.29 is 9.21 Å². The van der Waals surface area contributed by atoms with Crippen LogP contribution in [-0.4, -0.2) is 28.0 Å². The minimum Gasteiger partial charge on any atom is -0.463 e. The highest BCUT2D eigenvalue weighted by Gasteiger charge is 2.22. The van der Waals surface area contributed by atoms with Crippen LogP contribution in [0, 0.1) is 6.92 Å². The summed E-state index contributed by atoms with van der Waals surface area (Å²) in [6.07, 6.45) is 3.77. The predicted octanol–water partition coefficient (Wildman–Crippen LogP) is 4.22. The molecule has 3 aromatic rings. The molecule has 0 bridgehead atoms. The van der Waals surface area contributed by atoms with Gasteiger partial charge in [-0.3, -0.25) is 4.79 Å². The van der Waals surface area contributed by atoms with Gasteiger partial charge in [0.25, 0.3) is 5.91 Å². The van der Waals surface area contributed by atoms with E-state index in [0.717, 1.165) is 35.4 Å². The van der Waals surface area contributed by atoms with E-state index in [4.69, 9.17) is 4.42 Å². The lowest BCUT2D eigenvalue weighted by Crippen LogP contribution is -2.38. The van der Waals surface area contributed by atoms with Gasteiger partial charge in [0.15, 0.2) is 5.58 Å². The van der Waals surface area contributed by atoms with Gasteiger partial charge in [-0.2, -0.15) is 11.8 Å². The zero-order valence-electron chi connectivity index (χ0n) is 14.3. The lowest BCUT2D eigenvalue weighted by Gasteiger charge is -2.23. The molecule has 130 valence electrons. The summed E-state index contributed by atoms with van der Waals surface area (Å²) in [5.74, 6) is 2.24. The summed E-state index contributed by atoms with van der Waals surface area (Å²) in [5, 5.41) is 3.21. The topological polar surface area (TPSA) is 47.2 Å². The Morgan fingerprint density at radius 2 is 2.08 bits per heavy atom. The molecular weight excluding hydrogens is 332 g/mol. The van der Waals surface area contributed by atoms with E-state index in [1.165, 1.54) is 11.1 Å². The monoisotopic (exact) mass is 354 g/mol. The highest BCUT2D eigenvalue weighted by atomic mass is 32.2. The molecule has 0 atom stereocenters. The summed E-state index contributed by atoms with van der Waals surface area (Å²) in [4.78, 5) is 12.9. The summed E-state index contributed by atoms with van der Waals surface area (Å²) in [5.41, 5.74) is 4.84. The van der Waals surface area contributed by atoms with Crippen molar-refractivity contribution in [3.8, 4) is 0 Å². The largest absolute Gasteiger partial charge is 0.463 e. The average Bonchev–Trinajstić information content (AvgIpc) is 3.20. The number of carbonyl (C=O) groups is 1. The van der Waals surface area contributed by atoms with Crippen LogP contribution in [0.15, 0.2) is 47.1 Å². The molecule has 1 N–H and O–H groups in total. The third-order valence-corrected chi connectivity index (χ3v) is 5.95. The fourth-order valence-corrected chi connectivity index (χ4v) is 4.50. The second kappa shape index (κ2) is 7.00. The van der Waals surface area contributed by atoms with Gasteiger partial charge in [-0.15, -0.1) is 0 Å². The van der Waals surface area contributed by atoms with E-state index in [9.17, 15) is 4.79 Å². The van der Waals surface area contributed by atoms with E-state index in [2.05, 4.69) is 28.9 Å². The molecule has 0 unspecified atom stereocenters. The van der Waals surface area contributed by atoms with Gasteiger partial charge in [0.1, 0.15) is 5.69 Å². The summed E-state index contributed by atoms with van der Waals surface area (Å²) >= 11 is 1.96. The minimum absolute atomic E-state index is 0.00289. The van der Waals surface area contributed by atoms with E-state index in [-0.39, 0.29) is 11.9 Å². The normalized spacial score (nSPS) is 15.6. The van der Waals surface area contributed by atoms with Crippen LogP contribution in [0.25, 0.3) is 11.1 Å². The molecule has 2 aromatic heterocycles. The Hall–Kier alpha value is -2.14. The molecule has 1 aromatic carbocycles. The van der Waals surface area contributed by atoms with Crippen LogP contribution >= 0.6 is 11.8 Å². The third kappa shape index (κ3) is 3.33. The SMILES string of the molecule is Cc1ccccc1Cn1c(C(=O)NC2CCSCC2)cc2occc21. The number of rotatable bonds is 4. The van der Waals surface area contributed by atoms with Gasteiger partial charge in [-0.05, 0) is 42.4 Å². The Morgan fingerprint density at radius 3 is 2.88 bits per heavy atom. The molecule has 1 amide bonds. The van der Waals surface area contributed by atoms with E-state index in [0.29, 0.717) is 12.2 Å². The van der Waals surface area contributed by atoms with Crippen molar-refractivity contribution in [2.45, 2.75) is 32.4 Å². The summed E-state index contributed by atoms with van der Waals surface area (Å²) < 4.78 is 7.61. The number of aromatic nitrogens is 1. The Kier molecular flexibility index (Phi) is 4.57. The number of hydrogen-bond donors (Lipinski definition) is 1. The van der Waals surface area contributed by atoms with E-state index < -0.39 is 0 Å². The number of nitrogens with one attached hydrogen (secondary N) is 1. The number of furan rings is 1. The molecule has 5 heteroatoms. The van der Waals surface area contributed by atoms with E-state index in [1.807, 2.05) is 36.0 Å². The fourth-order valence-electron chi connectivity index (χ4n) is 3.39. The molecule has 4 rings (SSSR count). The van der Waals surface area contributed by atoms with Gasteiger partial charge in [-0.25, -0.2) is 0 Å². The number of aryl methyl sites for hydroxylation is 1. The molecule has 0 aliphatic carbocycles. The zero-order chi connectivity index (χ0) is 17.2. The number of nitrogens with zero attached hydrogens (tertiary/aromatic N) is 1. The first-order valence-electron chi connectivity index (χ1n) is 8.72. The number of hydrogen-bond acceptors (Lipinski definition) is 3. The quantitative estimate of drug-likeness (QED) is 0.763. The van der Waals surface area contributed by atoms with Gasteiger partial charge in [0, 0.05) is 24.7 Å². The van der Waals surface area contributed by atoms with Crippen LogP contribution < -0.4 is 5.32 Å². The number of carbonyl (C=O) groups excluding carboxylic acids is 1. The molecular formula is C20H22N2O2S. The Labute approximate surface area is 151 Å². The summed E-state index contributed by atoms with van der Waals surface area (Å²) in [6, 6.07) is 12.4. The molecule has 3 heterocycles. The maximum absolute atomic E-state index is 12.9. The minimum atomic E-state index is -0.00289. The Morgan fingerprint density at radius 1 is 1.28 bits per heavy atom. The first kappa shape index (κ1) is 16.3. The zero-order valence-corrected chi connectivity index (χ0v) is 15.1. The number of amides is 1. The first-order valence-corrected chi connectivity index (χ1v) is 9.87. The number of benzene rings is 1. The molecule has 25 heavy (non-hydrogen) atoms. The standard InChI is InChI=1S/C20H22N2O2S/c1-14-4-2-3-5-15(14)13-22-17-6-9-24-19(17)12-18(22)20(23)21-16-7-10-25-11-8-16/h2-6,9,12,16H,7-8,10-11,13H2,1H3,(H,21,23). The van der Waals surface area contributed by atoms with Crippen LogP contribution in [0.5, 0.6) is 0 Å². The summed E-state index contributed by atoms with van der Waals surface area (Å²) in [6.45, 7) is 2.77. The Balaban J connectivity index is 1.65. The van der Waals surface area contributed by atoms with Gasteiger partial charge in [0.2, 0.25) is 0 Å². The van der Waals surface area contributed by atoms with Crippen molar-refractivity contribution in [2.24, 2.45) is 0 Å². The molecule has 1 fully saturated rings. The van der Waals surface area contributed by atoms with Crippen molar-refractivity contribution in [1.82, 2.24) is 9.88 Å². The lowest BCUT2D eigenvalue weighted by atomic mass is 10.1. The van der Waals surface area contributed by atoms with E-state index >= 15 is 0 Å². The molecule has 1 aliphatic rings. The van der Waals surface area contributed by atoms with Crippen LogP contribution in [0.1, 0.15) is 34.5 Å². The van der Waals surface area contributed by atoms with Crippen LogP contribution in [0.4, 0.5) is 0 Å². The highest BCUT2D eigenvalue weighted by molar-refractivity contribution is 7.99. The van der Waals surface area contributed by atoms with E-state index in [1.54, 1.807) is 6.26 Å². The van der Waals surface area contributed by atoms with Crippen LogP contribution in [-0.2, 0) is 6.54 Å². The van der Waals surface area contributed by atoms with Crippen molar-refractivity contribution in [3.05, 3.63) is 59.5 Å². The molecule has 1 aliphatic heterocycles. The lowest BCUT2D eigenvalue weighted by molar-refractivity contribution is 0.0926. The van der Waals surface area contributed by atoms with Crippen molar-refractivity contribution in [1.29, 1.82) is 0 Å². The smallest absolute Gasteiger partial charge is 0.268 e. The number of thioether (sulfide) groups is 1. The molecule has 4 nitrogen and oxygen atoms in total. The predicted molar refractivity (Wildman–Crippen MR) is 102 cm³/mol. The molecule has 0 radical (unpaired) electrons. The average molecular weight is 354 g/mol. The van der Waals surface area contributed by atoms with Gasteiger partial charge >= 0.3 is 0 Å². The molecule has 0 spiro atoms. The fraction of sp³-hybridized carbons (Fsp3) is 0.350. The second-order valence-electron chi connectivity index (χ2n) is 6.57. The highest BCUT2D eigenvalue weighted by Crippen LogP contribution is 2.24.